The number of likely N-dealkylation sites (tertiary alicyclic amines) is 1. The first-order valence-corrected chi connectivity index (χ1v) is 9.00. The zero-order valence-electron chi connectivity index (χ0n) is 14.7. The number of benzene rings is 1. The van der Waals surface area contributed by atoms with E-state index in [4.69, 9.17) is 5.11 Å². The molecule has 3 rings (SSSR count). The lowest BCUT2D eigenvalue weighted by atomic mass is 9.70. The molecule has 1 spiro atoms. The second-order valence-electron chi connectivity index (χ2n) is 7.75. The van der Waals surface area contributed by atoms with E-state index < -0.39 is 6.61 Å². The van der Waals surface area contributed by atoms with Crippen LogP contribution < -0.4 is 0 Å². The first-order valence-electron chi connectivity index (χ1n) is 9.00. The molecule has 1 heterocycles. The fourth-order valence-electron chi connectivity index (χ4n) is 4.04. The standard InChI is InChI=1S/C20H27NO3/c1-14(2)6-9-21-10-8-20(19(21)24)7-5-15-3-4-16(18(23)13-22)11-17(15)12-20/h3-4,11,14,22H,5-10,12-13H2,1-2H3/t20-/m1/s1. The number of fused-ring (bicyclic) bond motifs is 1. The summed E-state index contributed by atoms with van der Waals surface area (Å²) >= 11 is 0. The Morgan fingerprint density at radius 3 is 2.79 bits per heavy atom. The van der Waals surface area contributed by atoms with E-state index >= 15 is 0 Å². The number of carbonyl (C=O) groups is 2. The van der Waals surface area contributed by atoms with Gasteiger partial charge in [0.15, 0.2) is 5.78 Å². The lowest BCUT2D eigenvalue weighted by Gasteiger charge is -2.33. The van der Waals surface area contributed by atoms with E-state index in [0.29, 0.717) is 17.4 Å². The van der Waals surface area contributed by atoms with Crippen molar-refractivity contribution >= 4 is 11.7 Å². The highest BCUT2D eigenvalue weighted by Gasteiger charge is 2.47. The number of aryl methyl sites for hydroxylation is 1. The molecule has 4 nitrogen and oxygen atoms in total. The molecule has 24 heavy (non-hydrogen) atoms. The van der Waals surface area contributed by atoms with Crippen LogP contribution in [0.3, 0.4) is 0 Å². The number of aliphatic hydroxyl groups is 1. The quantitative estimate of drug-likeness (QED) is 0.845. The molecular weight excluding hydrogens is 302 g/mol. The summed E-state index contributed by atoms with van der Waals surface area (Å²) in [5.74, 6) is 0.648. The zero-order chi connectivity index (χ0) is 17.3. The fourth-order valence-corrected chi connectivity index (χ4v) is 4.04. The summed E-state index contributed by atoms with van der Waals surface area (Å²) in [5, 5.41) is 9.07. The number of Topliss-reactive ketones (excluding diaryl/α,β-unsaturated/α-hetero) is 1. The first-order chi connectivity index (χ1) is 11.4. The molecule has 1 aliphatic carbocycles. The van der Waals surface area contributed by atoms with Gasteiger partial charge < -0.3 is 10.0 Å². The topological polar surface area (TPSA) is 57.6 Å². The predicted molar refractivity (Wildman–Crippen MR) is 93.0 cm³/mol. The molecule has 1 N–H and O–H groups in total. The van der Waals surface area contributed by atoms with Crippen LogP contribution in [0.25, 0.3) is 0 Å². The first kappa shape index (κ1) is 17.2. The Hall–Kier alpha value is -1.68. The maximum absolute atomic E-state index is 13.0. The Morgan fingerprint density at radius 2 is 2.08 bits per heavy atom. The van der Waals surface area contributed by atoms with E-state index in [1.165, 1.54) is 5.56 Å². The van der Waals surface area contributed by atoms with Gasteiger partial charge in [-0.05, 0) is 55.2 Å². The number of amides is 1. The molecule has 1 atom stereocenters. The van der Waals surface area contributed by atoms with Gasteiger partial charge in [-0.1, -0.05) is 26.0 Å². The number of ketones is 1. The molecule has 0 saturated carbocycles. The van der Waals surface area contributed by atoms with Crippen LogP contribution in [0.4, 0.5) is 0 Å². The Balaban J connectivity index is 1.78. The van der Waals surface area contributed by atoms with Crippen molar-refractivity contribution in [3.63, 3.8) is 0 Å². The Bertz CT molecular complexity index is 652. The minimum atomic E-state index is -0.466. The van der Waals surface area contributed by atoms with Gasteiger partial charge in [-0.25, -0.2) is 0 Å². The highest BCUT2D eigenvalue weighted by Crippen LogP contribution is 2.44. The third kappa shape index (κ3) is 3.12. The summed E-state index contributed by atoms with van der Waals surface area (Å²) < 4.78 is 0. The maximum Gasteiger partial charge on any atom is 0.229 e. The summed E-state index contributed by atoms with van der Waals surface area (Å²) in [7, 11) is 0. The molecule has 1 aliphatic heterocycles. The van der Waals surface area contributed by atoms with Gasteiger partial charge in [-0.2, -0.15) is 0 Å². The molecule has 1 aromatic rings. The number of hydrogen-bond donors (Lipinski definition) is 1. The van der Waals surface area contributed by atoms with E-state index in [2.05, 4.69) is 13.8 Å². The van der Waals surface area contributed by atoms with Gasteiger partial charge in [0.25, 0.3) is 0 Å². The highest BCUT2D eigenvalue weighted by atomic mass is 16.3. The summed E-state index contributed by atoms with van der Waals surface area (Å²) in [6.45, 7) is 5.62. The summed E-state index contributed by atoms with van der Waals surface area (Å²) in [6, 6.07) is 5.67. The minimum absolute atomic E-state index is 0.256. The van der Waals surface area contributed by atoms with E-state index in [1.807, 2.05) is 17.0 Å². The molecule has 4 heteroatoms. The van der Waals surface area contributed by atoms with Crippen molar-refractivity contribution in [3.8, 4) is 0 Å². The molecule has 0 bridgehead atoms. The predicted octanol–water partition coefficient (Wildman–Crippen LogP) is 2.62. The molecule has 130 valence electrons. The van der Waals surface area contributed by atoms with Crippen molar-refractivity contribution in [2.45, 2.75) is 46.0 Å². The van der Waals surface area contributed by atoms with Crippen LogP contribution in [0, 0.1) is 11.3 Å². The molecule has 2 aliphatic rings. The molecule has 1 saturated heterocycles. The number of nitrogens with zero attached hydrogens (tertiary/aromatic N) is 1. The zero-order valence-corrected chi connectivity index (χ0v) is 14.7. The average Bonchev–Trinajstić information content (AvgIpc) is 2.87. The summed E-state index contributed by atoms with van der Waals surface area (Å²) in [6.07, 6.45) is 4.50. The smallest absolute Gasteiger partial charge is 0.229 e. The van der Waals surface area contributed by atoms with Crippen LogP contribution in [0.1, 0.15) is 54.6 Å². The van der Waals surface area contributed by atoms with Gasteiger partial charge in [0, 0.05) is 18.7 Å². The molecule has 1 amide bonds. The van der Waals surface area contributed by atoms with Gasteiger partial charge in [-0.3, -0.25) is 9.59 Å². The SMILES string of the molecule is CC(C)CCN1CC[C@@]2(CCc3ccc(C(=O)CO)cc3C2)C1=O. The monoisotopic (exact) mass is 329 g/mol. The van der Waals surface area contributed by atoms with Gasteiger partial charge in [0.2, 0.25) is 5.91 Å². The fraction of sp³-hybridized carbons (Fsp3) is 0.600. The molecule has 1 aromatic carbocycles. The number of carbonyl (C=O) groups excluding carboxylic acids is 2. The maximum atomic E-state index is 13.0. The molecule has 1 fully saturated rings. The van der Waals surface area contributed by atoms with Crippen LogP contribution in [0.2, 0.25) is 0 Å². The van der Waals surface area contributed by atoms with Gasteiger partial charge in [0.1, 0.15) is 6.61 Å². The van der Waals surface area contributed by atoms with Gasteiger partial charge in [0.05, 0.1) is 5.41 Å². The lowest BCUT2D eigenvalue weighted by molar-refractivity contribution is -0.136. The third-order valence-corrected chi connectivity index (χ3v) is 5.65. The van der Waals surface area contributed by atoms with Crippen LogP contribution in [0.5, 0.6) is 0 Å². The van der Waals surface area contributed by atoms with Crippen LogP contribution in [0.15, 0.2) is 18.2 Å². The number of rotatable bonds is 5. The Labute approximate surface area is 143 Å². The summed E-state index contributed by atoms with van der Waals surface area (Å²) in [4.78, 5) is 26.8. The molecular formula is C20H27NO3. The second-order valence-corrected chi connectivity index (χ2v) is 7.75. The van der Waals surface area contributed by atoms with Crippen molar-refractivity contribution in [1.29, 1.82) is 0 Å². The van der Waals surface area contributed by atoms with E-state index in [0.717, 1.165) is 50.8 Å². The van der Waals surface area contributed by atoms with E-state index in [-0.39, 0.29) is 11.2 Å². The normalized spacial score (nSPS) is 23.2. The Morgan fingerprint density at radius 1 is 1.29 bits per heavy atom. The Kier molecular flexibility index (Phi) is 4.77. The summed E-state index contributed by atoms with van der Waals surface area (Å²) in [5.41, 5.74) is 2.63. The van der Waals surface area contributed by atoms with E-state index in [1.54, 1.807) is 6.07 Å². The second kappa shape index (κ2) is 6.67. The van der Waals surface area contributed by atoms with Crippen LogP contribution in [-0.4, -0.2) is 41.4 Å². The molecule has 0 radical (unpaired) electrons. The van der Waals surface area contributed by atoms with Gasteiger partial charge in [-0.15, -0.1) is 0 Å². The average molecular weight is 329 g/mol. The number of aliphatic hydroxyl groups excluding tert-OH is 1. The van der Waals surface area contributed by atoms with Gasteiger partial charge >= 0.3 is 0 Å². The largest absolute Gasteiger partial charge is 0.388 e. The molecule has 0 unspecified atom stereocenters. The van der Waals surface area contributed by atoms with Crippen molar-refractivity contribution < 1.29 is 14.7 Å². The van der Waals surface area contributed by atoms with Crippen molar-refractivity contribution in [1.82, 2.24) is 4.90 Å². The molecule has 0 aromatic heterocycles. The van der Waals surface area contributed by atoms with Crippen molar-refractivity contribution in [2.75, 3.05) is 19.7 Å². The lowest BCUT2D eigenvalue weighted by Crippen LogP contribution is -2.39. The number of hydrogen-bond acceptors (Lipinski definition) is 3. The third-order valence-electron chi connectivity index (χ3n) is 5.65. The highest BCUT2D eigenvalue weighted by molar-refractivity contribution is 5.97. The minimum Gasteiger partial charge on any atom is -0.388 e. The van der Waals surface area contributed by atoms with E-state index in [9.17, 15) is 9.59 Å². The van der Waals surface area contributed by atoms with Crippen LogP contribution >= 0.6 is 0 Å². The van der Waals surface area contributed by atoms with Crippen LogP contribution in [-0.2, 0) is 17.6 Å². The van der Waals surface area contributed by atoms with Crippen molar-refractivity contribution in [2.24, 2.45) is 11.3 Å². The van der Waals surface area contributed by atoms with Crippen molar-refractivity contribution in [3.05, 3.63) is 34.9 Å².